The summed E-state index contributed by atoms with van der Waals surface area (Å²) in [6.07, 6.45) is 0. The van der Waals surface area contributed by atoms with E-state index in [1.807, 2.05) is 6.07 Å². The van der Waals surface area contributed by atoms with Crippen molar-refractivity contribution < 1.29 is 0 Å². The Morgan fingerprint density at radius 2 is 2.06 bits per heavy atom. The predicted octanol–water partition coefficient (Wildman–Crippen LogP) is 3.84. The van der Waals surface area contributed by atoms with E-state index in [9.17, 15) is 0 Å². The molecule has 17 heavy (non-hydrogen) atoms. The molecule has 2 aromatic rings. The summed E-state index contributed by atoms with van der Waals surface area (Å²) in [4.78, 5) is 0. The number of halogens is 1. The molecule has 86 valence electrons. The molecule has 0 aliphatic carbocycles. The number of benzene rings is 2. The summed E-state index contributed by atoms with van der Waals surface area (Å²) in [5.74, 6) is 0. The molecule has 1 N–H and O–H groups in total. The molecule has 2 heteroatoms. The van der Waals surface area contributed by atoms with Gasteiger partial charge in [-0.1, -0.05) is 47.5 Å². The van der Waals surface area contributed by atoms with Crippen LogP contribution < -0.4 is 5.32 Å². The summed E-state index contributed by atoms with van der Waals surface area (Å²) in [5, 5.41) is 4.34. The van der Waals surface area contributed by atoms with Crippen molar-refractivity contribution in [2.75, 3.05) is 0 Å². The van der Waals surface area contributed by atoms with Crippen molar-refractivity contribution in [3.05, 3.63) is 69.7 Å². The second-order valence-electron chi connectivity index (χ2n) is 4.57. The average Bonchev–Trinajstić information content (AvgIpc) is 2.71. The van der Waals surface area contributed by atoms with Gasteiger partial charge in [0, 0.05) is 11.6 Å². The third-order valence-corrected chi connectivity index (χ3v) is 3.53. The Hall–Kier alpha value is -1.31. The van der Waals surface area contributed by atoms with Crippen LogP contribution in [0, 0.1) is 6.92 Å². The molecule has 2 aromatic carbocycles. The quantitative estimate of drug-likeness (QED) is 0.803. The molecule has 1 atom stereocenters. The first kappa shape index (κ1) is 10.8. The second kappa shape index (κ2) is 4.17. The predicted molar refractivity (Wildman–Crippen MR) is 71.3 cm³/mol. The number of rotatable bonds is 1. The maximum Gasteiger partial charge on any atom is 0.0583 e. The molecule has 1 aliphatic rings. The molecule has 0 aromatic heterocycles. The zero-order valence-electron chi connectivity index (χ0n) is 9.70. The fourth-order valence-electron chi connectivity index (χ4n) is 2.46. The summed E-state index contributed by atoms with van der Waals surface area (Å²) in [6.45, 7) is 3.04. The summed E-state index contributed by atoms with van der Waals surface area (Å²) in [6, 6.07) is 15.1. The molecule has 0 amide bonds. The zero-order chi connectivity index (χ0) is 11.8. The third-order valence-electron chi connectivity index (χ3n) is 3.29. The monoisotopic (exact) mass is 243 g/mol. The van der Waals surface area contributed by atoms with E-state index in [-0.39, 0.29) is 6.04 Å². The number of nitrogens with one attached hydrogen (secondary N) is 1. The number of hydrogen-bond acceptors (Lipinski definition) is 1. The highest BCUT2D eigenvalue weighted by molar-refractivity contribution is 6.30. The van der Waals surface area contributed by atoms with Crippen LogP contribution in [0.4, 0.5) is 0 Å². The smallest absolute Gasteiger partial charge is 0.0583 e. The fraction of sp³-hybridized carbons (Fsp3) is 0.200. The normalized spacial score (nSPS) is 18.1. The Kier molecular flexibility index (Phi) is 2.65. The Bertz CT molecular complexity index is 563. The molecule has 1 aliphatic heterocycles. The van der Waals surface area contributed by atoms with Gasteiger partial charge in [0.25, 0.3) is 0 Å². The van der Waals surface area contributed by atoms with Crippen LogP contribution in [0.15, 0.2) is 42.5 Å². The Morgan fingerprint density at radius 1 is 1.18 bits per heavy atom. The van der Waals surface area contributed by atoms with E-state index in [0.29, 0.717) is 0 Å². The van der Waals surface area contributed by atoms with Crippen molar-refractivity contribution in [2.24, 2.45) is 0 Å². The number of aryl methyl sites for hydroxylation is 1. The first-order valence-electron chi connectivity index (χ1n) is 5.82. The Balaban J connectivity index is 2.06. The summed E-state index contributed by atoms with van der Waals surface area (Å²) in [5.41, 5.74) is 5.26. The lowest BCUT2D eigenvalue weighted by Gasteiger charge is -2.13. The molecule has 1 heterocycles. The number of fused-ring (bicyclic) bond motifs is 1. The van der Waals surface area contributed by atoms with E-state index in [1.165, 1.54) is 22.3 Å². The Morgan fingerprint density at radius 3 is 2.88 bits per heavy atom. The minimum Gasteiger partial charge on any atom is -0.302 e. The van der Waals surface area contributed by atoms with Gasteiger partial charge in [0.05, 0.1) is 6.04 Å². The fourth-order valence-corrected chi connectivity index (χ4v) is 2.65. The average molecular weight is 244 g/mol. The summed E-state index contributed by atoms with van der Waals surface area (Å²) < 4.78 is 0. The highest BCUT2D eigenvalue weighted by Gasteiger charge is 2.23. The van der Waals surface area contributed by atoms with E-state index in [4.69, 9.17) is 11.6 Å². The van der Waals surface area contributed by atoms with Crippen LogP contribution in [-0.4, -0.2) is 0 Å². The molecule has 1 nitrogen and oxygen atoms in total. The zero-order valence-corrected chi connectivity index (χ0v) is 10.5. The van der Waals surface area contributed by atoms with Crippen molar-refractivity contribution in [2.45, 2.75) is 19.5 Å². The molecule has 0 fully saturated rings. The highest BCUT2D eigenvalue weighted by atomic mass is 35.5. The van der Waals surface area contributed by atoms with Gasteiger partial charge in [0.15, 0.2) is 0 Å². The topological polar surface area (TPSA) is 12.0 Å². The molecule has 1 unspecified atom stereocenters. The Labute approximate surface area is 106 Å². The molecular weight excluding hydrogens is 230 g/mol. The van der Waals surface area contributed by atoms with E-state index in [0.717, 1.165) is 11.6 Å². The molecule has 3 rings (SSSR count). The standard InChI is InChI=1S/C15H14ClN/c1-10-3-2-4-11(7-10)15-14-8-13(16)6-5-12(14)9-17-15/h2-8,15,17H,9H2,1H3. The van der Waals surface area contributed by atoms with Crippen LogP contribution in [0.1, 0.15) is 28.3 Å². The lowest BCUT2D eigenvalue weighted by Crippen LogP contribution is -2.13. The number of hydrogen-bond donors (Lipinski definition) is 1. The van der Waals surface area contributed by atoms with Gasteiger partial charge in [-0.05, 0) is 35.7 Å². The van der Waals surface area contributed by atoms with Gasteiger partial charge in [-0.2, -0.15) is 0 Å². The van der Waals surface area contributed by atoms with Gasteiger partial charge in [-0.3, -0.25) is 0 Å². The van der Waals surface area contributed by atoms with Crippen LogP contribution in [-0.2, 0) is 6.54 Å². The molecule has 0 saturated heterocycles. The van der Waals surface area contributed by atoms with Gasteiger partial charge in [-0.25, -0.2) is 0 Å². The van der Waals surface area contributed by atoms with Crippen molar-refractivity contribution >= 4 is 11.6 Å². The van der Waals surface area contributed by atoms with Crippen LogP contribution in [0.3, 0.4) is 0 Å². The minimum absolute atomic E-state index is 0.281. The second-order valence-corrected chi connectivity index (χ2v) is 5.01. The van der Waals surface area contributed by atoms with E-state index >= 15 is 0 Å². The molecule has 0 spiro atoms. The van der Waals surface area contributed by atoms with E-state index < -0.39 is 0 Å². The van der Waals surface area contributed by atoms with Gasteiger partial charge < -0.3 is 5.32 Å². The van der Waals surface area contributed by atoms with E-state index in [1.54, 1.807) is 0 Å². The first-order chi connectivity index (χ1) is 8.24. The van der Waals surface area contributed by atoms with Crippen molar-refractivity contribution in [3.8, 4) is 0 Å². The maximum absolute atomic E-state index is 6.08. The van der Waals surface area contributed by atoms with Crippen molar-refractivity contribution in [1.29, 1.82) is 0 Å². The largest absolute Gasteiger partial charge is 0.302 e. The lowest BCUT2D eigenvalue weighted by molar-refractivity contribution is 0.667. The van der Waals surface area contributed by atoms with Crippen LogP contribution in [0.5, 0.6) is 0 Å². The molecular formula is C15H14ClN. The molecule has 0 saturated carbocycles. The van der Waals surface area contributed by atoms with E-state index in [2.05, 4.69) is 48.6 Å². The van der Waals surface area contributed by atoms with Gasteiger partial charge in [0.2, 0.25) is 0 Å². The van der Waals surface area contributed by atoms with Crippen LogP contribution in [0.2, 0.25) is 5.02 Å². The van der Waals surface area contributed by atoms with Gasteiger partial charge >= 0.3 is 0 Å². The van der Waals surface area contributed by atoms with Crippen molar-refractivity contribution in [3.63, 3.8) is 0 Å². The summed E-state index contributed by atoms with van der Waals surface area (Å²) >= 11 is 6.08. The highest BCUT2D eigenvalue weighted by Crippen LogP contribution is 2.32. The van der Waals surface area contributed by atoms with Gasteiger partial charge in [0.1, 0.15) is 0 Å². The first-order valence-corrected chi connectivity index (χ1v) is 6.20. The minimum atomic E-state index is 0.281. The summed E-state index contributed by atoms with van der Waals surface area (Å²) in [7, 11) is 0. The third kappa shape index (κ3) is 1.97. The molecule has 0 radical (unpaired) electrons. The lowest BCUT2D eigenvalue weighted by atomic mass is 9.97. The van der Waals surface area contributed by atoms with Crippen molar-refractivity contribution in [1.82, 2.24) is 5.32 Å². The SMILES string of the molecule is Cc1cccc(C2NCc3ccc(Cl)cc32)c1. The van der Waals surface area contributed by atoms with Crippen LogP contribution >= 0.6 is 11.6 Å². The maximum atomic E-state index is 6.08. The van der Waals surface area contributed by atoms with Gasteiger partial charge in [-0.15, -0.1) is 0 Å². The molecule has 0 bridgehead atoms. The van der Waals surface area contributed by atoms with Crippen LogP contribution in [0.25, 0.3) is 0 Å².